The van der Waals surface area contributed by atoms with Crippen LogP contribution in [0, 0.1) is 6.92 Å². The normalized spacial score (nSPS) is 14.8. The Morgan fingerprint density at radius 1 is 1.38 bits per heavy atom. The van der Waals surface area contributed by atoms with E-state index in [2.05, 4.69) is 4.99 Å². The SMILES string of the molecule is COC(=O)Cn1c(=NC(=O)C2=COCCO2)sc2cccc(C)c21. The molecule has 1 aromatic carbocycles. The van der Waals surface area contributed by atoms with E-state index in [0.717, 1.165) is 15.8 Å². The third-order valence-electron chi connectivity index (χ3n) is 3.47. The van der Waals surface area contributed by atoms with Gasteiger partial charge in [0.1, 0.15) is 26.0 Å². The first-order valence-electron chi connectivity index (χ1n) is 7.29. The number of benzene rings is 1. The summed E-state index contributed by atoms with van der Waals surface area (Å²) in [6, 6.07) is 5.78. The third-order valence-corrected chi connectivity index (χ3v) is 4.52. The second kappa shape index (κ2) is 6.88. The molecule has 1 aliphatic rings. The fraction of sp³-hybridized carbons (Fsp3) is 0.312. The van der Waals surface area contributed by atoms with Gasteiger partial charge in [-0.25, -0.2) is 0 Å². The zero-order chi connectivity index (χ0) is 17.1. The van der Waals surface area contributed by atoms with Crippen LogP contribution in [0.25, 0.3) is 10.2 Å². The molecule has 0 bridgehead atoms. The van der Waals surface area contributed by atoms with Crippen LogP contribution in [-0.2, 0) is 30.3 Å². The number of para-hydroxylation sites is 1. The molecule has 0 aliphatic carbocycles. The summed E-state index contributed by atoms with van der Waals surface area (Å²) in [5.41, 5.74) is 1.84. The quantitative estimate of drug-likeness (QED) is 0.786. The topological polar surface area (TPSA) is 79.1 Å². The van der Waals surface area contributed by atoms with E-state index in [9.17, 15) is 9.59 Å². The number of carbonyl (C=O) groups excluding carboxylic acids is 2. The van der Waals surface area contributed by atoms with E-state index in [1.807, 2.05) is 25.1 Å². The molecule has 0 radical (unpaired) electrons. The van der Waals surface area contributed by atoms with Crippen LogP contribution in [0.4, 0.5) is 0 Å². The number of esters is 1. The monoisotopic (exact) mass is 348 g/mol. The van der Waals surface area contributed by atoms with E-state index in [0.29, 0.717) is 18.0 Å². The predicted octanol–water partition coefficient (Wildman–Crippen LogP) is 1.50. The number of aromatic nitrogens is 1. The van der Waals surface area contributed by atoms with Gasteiger partial charge in [-0.2, -0.15) is 4.99 Å². The van der Waals surface area contributed by atoms with Crippen LogP contribution in [-0.4, -0.2) is 36.8 Å². The van der Waals surface area contributed by atoms with Crippen molar-refractivity contribution < 1.29 is 23.8 Å². The molecule has 7 nitrogen and oxygen atoms in total. The number of ether oxygens (including phenoxy) is 3. The molecule has 126 valence electrons. The molecule has 3 rings (SSSR count). The Balaban J connectivity index is 2.12. The number of carbonyl (C=O) groups is 2. The fourth-order valence-electron chi connectivity index (χ4n) is 2.36. The van der Waals surface area contributed by atoms with Crippen molar-refractivity contribution in [2.24, 2.45) is 4.99 Å². The number of thiazole rings is 1. The van der Waals surface area contributed by atoms with E-state index in [4.69, 9.17) is 14.2 Å². The Kier molecular flexibility index (Phi) is 4.66. The summed E-state index contributed by atoms with van der Waals surface area (Å²) in [4.78, 5) is 28.5. The molecule has 0 unspecified atom stereocenters. The lowest BCUT2D eigenvalue weighted by Crippen LogP contribution is -2.23. The van der Waals surface area contributed by atoms with Crippen molar-refractivity contribution in [2.75, 3.05) is 20.3 Å². The summed E-state index contributed by atoms with van der Waals surface area (Å²) in [7, 11) is 1.32. The third kappa shape index (κ3) is 3.18. The molecule has 0 atom stereocenters. The zero-order valence-corrected chi connectivity index (χ0v) is 14.1. The minimum atomic E-state index is -0.544. The van der Waals surface area contributed by atoms with Gasteiger partial charge in [0.2, 0.25) is 5.76 Å². The molecule has 0 saturated heterocycles. The first kappa shape index (κ1) is 16.3. The Labute approximate surface area is 141 Å². The van der Waals surface area contributed by atoms with Crippen LogP contribution >= 0.6 is 11.3 Å². The summed E-state index contributed by atoms with van der Waals surface area (Å²) < 4.78 is 17.7. The second-order valence-corrected chi connectivity index (χ2v) is 6.10. The first-order chi connectivity index (χ1) is 11.6. The molecule has 0 spiro atoms. The lowest BCUT2D eigenvalue weighted by atomic mass is 10.2. The van der Waals surface area contributed by atoms with Crippen LogP contribution < -0.4 is 4.80 Å². The Bertz CT molecular complexity index is 893. The average molecular weight is 348 g/mol. The van der Waals surface area contributed by atoms with Crippen LogP contribution in [0.2, 0.25) is 0 Å². The largest absolute Gasteiger partial charge is 0.494 e. The van der Waals surface area contributed by atoms with Crippen LogP contribution in [0.3, 0.4) is 0 Å². The highest BCUT2D eigenvalue weighted by molar-refractivity contribution is 7.16. The number of hydrogen-bond donors (Lipinski definition) is 0. The van der Waals surface area contributed by atoms with Crippen molar-refractivity contribution in [2.45, 2.75) is 13.5 Å². The highest BCUT2D eigenvalue weighted by Crippen LogP contribution is 2.21. The van der Waals surface area contributed by atoms with Crippen LogP contribution in [0.15, 0.2) is 35.2 Å². The van der Waals surface area contributed by atoms with E-state index in [1.54, 1.807) is 4.57 Å². The van der Waals surface area contributed by atoms with Gasteiger partial charge in [0.15, 0.2) is 4.80 Å². The van der Waals surface area contributed by atoms with Gasteiger partial charge in [-0.3, -0.25) is 9.59 Å². The lowest BCUT2D eigenvalue weighted by Gasteiger charge is -2.12. The number of rotatable bonds is 3. The molecule has 0 N–H and O–H groups in total. The molecular formula is C16H16N2O5S. The summed E-state index contributed by atoms with van der Waals surface area (Å²) in [5, 5.41) is 0. The Hall–Kier alpha value is -2.61. The molecule has 0 fully saturated rings. The van der Waals surface area contributed by atoms with Crippen molar-refractivity contribution in [3.63, 3.8) is 0 Å². The zero-order valence-electron chi connectivity index (χ0n) is 13.3. The van der Waals surface area contributed by atoms with E-state index < -0.39 is 11.9 Å². The maximum Gasteiger partial charge on any atom is 0.325 e. The molecule has 1 aliphatic heterocycles. The van der Waals surface area contributed by atoms with Gasteiger partial charge in [0, 0.05) is 0 Å². The van der Waals surface area contributed by atoms with E-state index in [-0.39, 0.29) is 12.3 Å². The maximum atomic E-state index is 12.3. The Morgan fingerprint density at radius 3 is 2.92 bits per heavy atom. The smallest absolute Gasteiger partial charge is 0.325 e. The maximum absolute atomic E-state index is 12.3. The number of amides is 1. The molecule has 0 saturated carbocycles. The van der Waals surface area contributed by atoms with Crippen LogP contribution in [0.5, 0.6) is 0 Å². The van der Waals surface area contributed by atoms with Crippen molar-refractivity contribution >= 4 is 33.4 Å². The molecule has 1 aromatic heterocycles. The highest BCUT2D eigenvalue weighted by atomic mass is 32.1. The van der Waals surface area contributed by atoms with E-state index >= 15 is 0 Å². The van der Waals surface area contributed by atoms with E-state index in [1.165, 1.54) is 24.7 Å². The van der Waals surface area contributed by atoms with Crippen molar-refractivity contribution in [3.05, 3.63) is 40.6 Å². The van der Waals surface area contributed by atoms with Gasteiger partial charge in [0.05, 0.1) is 17.3 Å². The summed E-state index contributed by atoms with van der Waals surface area (Å²) in [6.07, 6.45) is 1.26. The minimum absolute atomic E-state index is 0.0239. The molecule has 1 amide bonds. The number of methoxy groups -OCH3 is 1. The van der Waals surface area contributed by atoms with Gasteiger partial charge in [-0.1, -0.05) is 23.5 Å². The second-order valence-electron chi connectivity index (χ2n) is 5.09. The summed E-state index contributed by atoms with van der Waals surface area (Å²) >= 11 is 1.33. The van der Waals surface area contributed by atoms with Crippen LogP contribution in [0.1, 0.15) is 5.56 Å². The minimum Gasteiger partial charge on any atom is -0.494 e. The fourth-order valence-corrected chi connectivity index (χ4v) is 3.46. The average Bonchev–Trinajstić information content (AvgIpc) is 2.94. The molecule has 2 aromatic rings. The van der Waals surface area contributed by atoms with Gasteiger partial charge >= 0.3 is 11.9 Å². The van der Waals surface area contributed by atoms with Crippen molar-refractivity contribution in [1.29, 1.82) is 0 Å². The summed E-state index contributed by atoms with van der Waals surface area (Å²) in [6.45, 7) is 2.63. The first-order valence-corrected chi connectivity index (χ1v) is 8.11. The van der Waals surface area contributed by atoms with Gasteiger partial charge < -0.3 is 18.8 Å². The standard InChI is InChI=1S/C16H16N2O5S/c1-10-4-3-5-12-14(10)18(8-13(19)21-2)16(24-12)17-15(20)11-9-22-6-7-23-11/h3-5,9H,6-8H2,1-2H3. The molecule has 8 heteroatoms. The van der Waals surface area contributed by atoms with Crippen molar-refractivity contribution in [3.8, 4) is 0 Å². The number of nitrogens with zero attached hydrogens (tertiary/aromatic N) is 2. The van der Waals surface area contributed by atoms with Gasteiger partial charge in [0.25, 0.3) is 0 Å². The highest BCUT2D eigenvalue weighted by Gasteiger charge is 2.17. The number of hydrogen-bond acceptors (Lipinski definition) is 6. The molecule has 2 heterocycles. The predicted molar refractivity (Wildman–Crippen MR) is 87.1 cm³/mol. The lowest BCUT2D eigenvalue weighted by molar-refractivity contribution is -0.141. The Morgan fingerprint density at radius 2 is 2.21 bits per heavy atom. The van der Waals surface area contributed by atoms with Crippen molar-refractivity contribution in [1.82, 2.24) is 4.57 Å². The molecule has 24 heavy (non-hydrogen) atoms. The van der Waals surface area contributed by atoms with Gasteiger partial charge in [-0.15, -0.1) is 0 Å². The molecular weight excluding hydrogens is 332 g/mol. The van der Waals surface area contributed by atoms with Gasteiger partial charge in [-0.05, 0) is 18.6 Å². The number of fused-ring (bicyclic) bond motifs is 1. The number of aryl methyl sites for hydroxylation is 1. The summed E-state index contributed by atoms with van der Waals surface area (Å²) in [5.74, 6) is -0.902.